The largest absolute Gasteiger partial charge is 0.493 e. The number of rotatable bonds is 9. The second kappa shape index (κ2) is 9.95. The van der Waals surface area contributed by atoms with E-state index >= 15 is 0 Å². The molecule has 2 N–H and O–H groups in total. The predicted molar refractivity (Wildman–Crippen MR) is 129 cm³/mol. The fourth-order valence-corrected chi connectivity index (χ4v) is 4.19. The van der Waals surface area contributed by atoms with Crippen molar-refractivity contribution < 1.29 is 14.3 Å². The van der Waals surface area contributed by atoms with E-state index in [-0.39, 0.29) is 18.5 Å². The van der Waals surface area contributed by atoms with E-state index in [1.54, 1.807) is 23.9 Å². The molecule has 2 aromatic carbocycles. The van der Waals surface area contributed by atoms with Crippen LogP contribution in [0.5, 0.6) is 11.5 Å². The van der Waals surface area contributed by atoms with Gasteiger partial charge in [0, 0.05) is 5.39 Å². The average molecular weight is 468 g/mol. The highest BCUT2D eigenvalue weighted by molar-refractivity contribution is 7.98. The molecule has 2 heterocycles. The zero-order valence-corrected chi connectivity index (χ0v) is 19.4. The number of hydrogen-bond acceptors (Lipinski definition) is 7. The molecule has 0 saturated heterocycles. The zero-order valence-electron chi connectivity index (χ0n) is 18.6. The van der Waals surface area contributed by atoms with Gasteiger partial charge < -0.3 is 19.8 Å². The summed E-state index contributed by atoms with van der Waals surface area (Å²) in [5, 5.41) is 8.10. The van der Waals surface area contributed by atoms with Gasteiger partial charge in [0.2, 0.25) is 5.91 Å². The number of aromatic amines is 1. The van der Waals surface area contributed by atoms with Gasteiger partial charge in [-0.25, -0.2) is 9.67 Å². The molecule has 9 nitrogen and oxygen atoms in total. The molecule has 172 valence electrons. The first-order valence-electron chi connectivity index (χ1n) is 10.4. The van der Waals surface area contributed by atoms with Gasteiger partial charge in [-0.3, -0.25) is 9.59 Å². The highest BCUT2D eigenvalue weighted by atomic mass is 32.2. The Balaban J connectivity index is 1.60. The van der Waals surface area contributed by atoms with Crippen molar-refractivity contribution in [2.45, 2.75) is 19.0 Å². The Morgan fingerprint density at radius 1 is 1.21 bits per heavy atom. The molecule has 1 atom stereocenters. The molecule has 0 spiro atoms. The van der Waals surface area contributed by atoms with Crippen molar-refractivity contribution in [3.8, 4) is 11.5 Å². The highest BCUT2D eigenvalue weighted by Gasteiger charge is 2.20. The molecule has 0 aliphatic rings. The van der Waals surface area contributed by atoms with E-state index in [1.807, 2.05) is 30.5 Å². The zero-order chi connectivity index (χ0) is 23.4. The van der Waals surface area contributed by atoms with Crippen LogP contribution in [0.15, 0.2) is 47.4 Å². The third kappa shape index (κ3) is 4.65. The van der Waals surface area contributed by atoms with Crippen LogP contribution in [0, 0.1) is 0 Å². The van der Waals surface area contributed by atoms with Crippen molar-refractivity contribution in [3.05, 3.63) is 58.8 Å². The van der Waals surface area contributed by atoms with Gasteiger partial charge in [-0.2, -0.15) is 16.9 Å². The fourth-order valence-electron chi connectivity index (χ4n) is 3.72. The summed E-state index contributed by atoms with van der Waals surface area (Å²) < 4.78 is 11.8. The normalized spacial score (nSPS) is 12.1. The number of amides is 1. The first kappa shape index (κ1) is 22.7. The molecule has 2 aromatic heterocycles. The molecule has 0 saturated carbocycles. The van der Waals surface area contributed by atoms with Crippen LogP contribution in [0.2, 0.25) is 0 Å². The maximum Gasteiger partial charge on any atom is 0.279 e. The third-order valence-corrected chi connectivity index (χ3v) is 5.98. The summed E-state index contributed by atoms with van der Waals surface area (Å²) in [6.45, 7) is -0.231. The Morgan fingerprint density at radius 2 is 2.03 bits per heavy atom. The Kier molecular flexibility index (Phi) is 6.83. The number of methoxy groups -OCH3 is 2. The number of thioether (sulfide) groups is 1. The van der Waals surface area contributed by atoms with Gasteiger partial charge >= 0.3 is 0 Å². The first-order valence-corrected chi connectivity index (χ1v) is 11.8. The highest BCUT2D eigenvalue weighted by Crippen LogP contribution is 2.32. The number of hydrogen-bond donors (Lipinski definition) is 2. The smallest absolute Gasteiger partial charge is 0.279 e. The number of aromatic nitrogens is 4. The second-order valence-corrected chi connectivity index (χ2v) is 8.40. The number of nitrogens with one attached hydrogen (secondary N) is 2. The van der Waals surface area contributed by atoms with Crippen molar-refractivity contribution in [2.24, 2.45) is 0 Å². The number of para-hydroxylation sites is 2. The summed E-state index contributed by atoms with van der Waals surface area (Å²) in [5.74, 6) is 1.94. The number of ether oxygens (including phenoxy) is 2. The van der Waals surface area contributed by atoms with Gasteiger partial charge in [-0.15, -0.1) is 0 Å². The van der Waals surface area contributed by atoms with E-state index in [9.17, 15) is 9.59 Å². The van der Waals surface area contributed by atoms with Crippen LogP contribution in [-0.4, -0.2) is 51.9 Å². The van der Waals surface area contributed by atoms with Crippen molar-refractivity contribution in [2.75, 3.05) is 26.2 Å². The minimum absolute atomic E-state index is 0.231. The number of fused-ring (bicyclic) bond motifs is 2. The Bertz CT molecular complexity index is 1320. The third-order valence-electron chi connectivity index (χ3n) is 5.34. The number of carbonyl (C=O) groups is 1. The molecule has 0 aliphatic carbocycles. The van der Waals surface area contributed by atoms with Crippen LogP contribution in [-0.2, 0) is 11.3 Å². The maximum absolute atomic E-state index is 13.1. The van der Waals surface area contributed by atoms with E-state index in [4.69, 9.17) is 9.47 Å². The summed E-state index contributed by atoms with van der Waals surface area (Å²) in [4.78, 5) is 34.0. The quantitative estimate of drug-likeness (QED) is 0.389. The maximum atomic E-state index is 13.1. The summed E-state index contributed by atoms with van der Waals surface area (Å²) in [7, 11) is 2.97. The van der Waals surface area contributed by atoms with Crippen LogP contribution in [0.3, 0.4) is 0 Å². The minimum atomic E-state index is -0.428. The Labute approximate surface area is 194 Å². The van der Waals surface area contributed by atoms with Crippen molar-refractivity contribution in [1.82, 2.24) is 25.1 Å². The lowest BCUT2D eigenvalue weighted by Crippen LogP contribution is -2.36. The molecule has 10 heteroatoms. The lowest BCUT2D eigenvalue weighted by atomic mass is 10.1. The molecular weight excluding hydrogens is 442 g/mol. The SMILES string of the molecule is COc1ccc2cnn(CC(=O)N[C@@H](CCSC)c3nc4ccccc4[nH]3)c(=O)c2c1OC. The predicted octanol–water partition coefficient (Wildman–Crippen LogP) is 2.90. The number of H-pyrrole nitrogens is 1. The van der Waals surface area contributed by atoms with Crippen molar-refractivity contribution in [3.63, 3.8) is 0 Å². The summed E-state index contributed by atoms with van der Waals surface area (Å²) in [6.07, 6.45) is 4.24. The standard InChI is InChI=1S/C23H25N5O4S/c1-31-18-9-8-14-12-24-28(23(30)20(14)21(18)32-2)13-19(29)25-17(10-11-33-3)22-26-15-6-4-5-7-16(15)27-22/h4-9,12,17H,10-11,13H2,1-3H3,(H,25,29)(H,26,27)/t17-/m0/s1. The van der Waals surface area contributed by atoms with Crippen molar-refractivity contribution in [1.29, 1.82) is 0 Å². The molecule has 0 unspecified atom stereocenters. The fraction of sp³-hybridized carbons (Fsp3) is 0.304. The van der Waals surface area contributed by atoms with E-state index in [1.165, 1.54) is 20.4 Å². The molecule has 0 aliphatic heterocycles. The van der Waals surface area contributed by atoms with Crippen molar-refractivity contribution >= 4 is 39.5 Å². The van der Waals surface area contributed by atoms with Crippen LogP contribution >= 0.6 is 11.8 Å². The van der Waals surface area contributed by atoms with Gasteiger partial charge in [0.25, 0.3) is 5.56 Å². The summed E-state index contributed by atoms with van der Waals surface area (Å²) in [6, 6.07) is 10.8. The van der Waals surface area contributed by atoms with E-state index in [0.717, 1.165) is 21.5 Å². The van der Waals surface area contributed by atoms with E-state index in [0.29, 0.717) is 34.5 Å². The molecule has 33 heavy (non-hydrogen) atoms. The summed E-state index contributed by atoms with van der Waals surface area (Å²) >= 11 is 1.69. The van der Waals surface area contributed by atoms with Gasteiger partial charge in [-0.1, -0.05) is 12.1 Å². The van der Waals surface area contributed by atoms with E-state index in [2.05, 4.69) is 20.4 Å². The Hall–Kier alpha value is -3.53. The molecule has 0 radical (unpaired) electrons. The molecule has 0 bridgehead atoms. The van der Waals surface area contributed by atoms with Crippen LogP contribution < -0.4 is 20.3 Å². The Morgan fingerprint density at radius 3 is 2.76 bits per heavy atom. The van der Waals surface area contributed by atoms with Crippen LogP contribution in [0.25, 0.3) is 21.8 Å². The number of carbonyl (C=O) groups excluding carboxylic acids is 1. The van der Waals surface area contributed by atoms with Gasteiger partial charge in [0.05, 0.1) is 42.9 Å². The second-order valence-electron chi connectivity index (χ2n) is 7.41. The topological polar surface area (TPSA) is 111 Å². The average Bonchev–Trinajstić information content (AvgIpc) is 3.27. The first-order chi connectivity index (χ1) is 16.0. The molecule has 1 amide bonds. The lowest BCUT2D eigenvalue weighted by molar-refractivity contribution is -0.122. The monoisotopic (exact) mass is 467 g/mol. The van der Waals surface area contributed by atoms with Crippen LogP contribution in [0.1, 0.15) is 18.3 Å². The number of benzene rings is 2. The van der Waals surface area contributed by atoms with Gasteiger partial charge in [0.1, 0.15) is 12.4 Å². The van der Waals surface area contributed by atoms with Gasteiger partial charge in [-0.05, 0) is 42.7 Å². The van der Waals surface area contributed by atoms with E-state index < -0.39 is 5.56 Å². The molecule has 0 fully saturated rings. The van der Waals surface area contributed by atoms with Crippen LogP contribution in [0.4, 0.5) is 0 Å². The minimum Gasteiger partial charge on any atom is -0.493 e. The van der Waals surface area contributed by atoms with Gasteiger partial charge in [0.15, 0.2) is 11.5 Å². The molecule has 4 aromatic rings. The number of imidazole rings is 1. The summed E-state index contributed by atoms with van der Waals surface area (Å²) in [5.41, 5.74) is 1.32. The lowest BCUT2D eigenvalue weighted by Gasteiger charge is -2.17. The molecular formula is C23H25N5O4S. The molecule has 4 rings (SSSR count). The number of nitrogens with zero attached hydrogens (tertiary/aromatic N) is 3.